The fraction of sp³-hybridized carbons (Fsp3) is 0.478. The number of oxime groups is 1. The van der Waals surface area contributed by atoms with Gasteiger partial charge in [0.05, 0.1) is 11.8 Å². The van der Waals surface area contributed by atoms with Crippen molar-refractivity contribution in [2.75, 3.05) is 54.1 Å². The molecular formula is C23H32N8O2. The van der Waals surface area contributed by atoms with Gasteiger partial charge < -0.3 is 31.0 Å². The summed E-state index contributed by atoms with van der Waals surface area (Å²) in [6.07, 6.45) is 8.37. The van der Waals surface area contributed by atoms with Gasteiger partial charge in [0.25, 0.3) is 0 Å². The van der Waals surface area contributed by atoms with Gasteiger partial charge in [0.15, 0.2) is 0 Å². The smallest absolute Gasteiger partial charge is 0.319 e. The Balaban J connectivity index is 1.27. The van der Waals surface area contributed by atoms with E-state index in [9.17, 15) is 4.79 Å². The van der Waals surface area contributed by atoms with Crippen LogP contribution in [0.4, 0.5) is 27.8 Å². The zero-order valence-electron chi connectivity index (χ0n) is 19.0. The molecule has 1 aromatic carbocycles. The molecule has 0 spiro atoms. The number of nitrogens with two attached hydrogens (primary N) is 1. The van der Waals surface area contributed by atoms with Gasteiger partial charge in [-0.15, -0.1) is 0 Å². The van der Waals surface area contributed by atoms with Crippen LogP contribution in [0.2, 0.25) is 0 Å². The van der Waals surface area contributed by atoms with Crippen molar-refractivity contribution in [1.29, 1.82) is 0 Å². The SMILES string of the molecule is CO/N=C/c1c(N)ncnc1N1CCC(NC(=O)Nc2ccc(N3CCCCC3)cc2)CC1. The minimum Gasteiger partial charge on any atom is -0.399 e. The number of hydrogen-bond donors (Lipinski definition) is 3. The number of amides is 2. The number of nitrogens with zero attached hydrogens (tertiary/aromatic N) is 5. The Hall–Kier alpha value is -3.56. The molecule has 176 valence electrons. The van der Waals surface area contributed by atoms with Crippen molar-refractivity contribution in [3.05, 3.63) is 36.2 Å². The number of piperidine rings is 2. The number of carbonyl (C=O) groups is 1. The third-order valence-corrected chi connectivity index (χ3v) is 6.16. The lowest BCUT2D eigenvalue weighted by molar-refractivity contribution is 0.215. The monoisotopic (exact) mass is 452 g/mol. The van der Waals surface area contributed by atoms with Gasteiger partial charge in [-0.05, 0) is 56.4 Å². The van der Waals surface area contributed by atoms with Crippen molar-refractivity contribution in [1.82, 2.24) is 15.3 Å². The molecule has 0 bridgehead atoms. The maximum Gasteiger partial charge on any atom is 0.319 e. The fourth-order valence-corrected chi connectivity index (χ4v) is 4.38. The summed E-state index contributed by atoms with van der Waals surface area (Å²) in [5.74, 6) is 1.08. The number of hydrogen-bond acceptors (Lipinski definition) is 8. The Labute approximate surface area is 194 Å². The molecular weight excluding hydrogens is 420 g/mol. The van der Waals surface area contributed by atoms with Crippen LogP contribution in [0.1, 0.15) is 37.7 Å². The number of rotatable bonds is 6. The summed E-state index contributed by atoms with van der Waals surface area (Å²) in [6, 6.07) is 8.00. The largest absolute Gasteiger partial charge is 0.399 e. The second-order valence-corrected chi connectivity index (χ2v) is 8.37. The van der Waals surface area contributed by atoms with Gasteiger partial charge in [-0.3, -0.25) is 0 Å². The zero-order chi connectivity index (χ0) is 23.0. The quantitative estimate of drug-likeness (QED) is 0.455. The van der Waals surface area contributed by atoms with Gasteiger partial charge in [0.1, 0.15) is 25.1 Å². The summed E-state index contributed by atoms with van der Waals surface area (Å²) in [7, 11) is 1.47. The van der Waals surface area contributed by atoms with Crippen molar-refractivity contribution >= 4 is 35.3 Å². The van der Waals surface area contributed by atoms with E-state index in [0.29, 0.717) is 11.4 Å². The van der Waals surface area contributed by atoms with Crippen LogP contribution in [0.15, 0.2) is 35.7 Å². The second kappa shape index (κ2) is 10.8. The molecule has 0 unspecified atom stereocenters. The van der Waals surface area contributed by atoms with E-state index in [1.54, 1.807) is 0 Å². The van der Waals surface area contributed by atoms with E-state index in [2.05, 4.69) is 47.7 Å². The zero-order valence-corrected chi connectivity index (χ0v) is 19.0. The van der Waals surface area contributed by atoms with E-state index < -0.39 is 0 Å². The van der Waals surface area contributed by atoms with Crippen molar-refractivity contribution in [3.8, 4) is 0 Å². The molecule has 0 saturated carbocycles. The lowest BCUT2D eigenvalue weighted by Crippen LogP contribution is -2.46. The summed E-state index contributed by atoms with van der Waals surface area (Å²) in [6.45, 7) is 3.68. The van der Waals surface area contributed by atoms with Gasteiger partial charge >= 0.3 is 6.03 Å². The average Bonchev–Trinajstić information content (AvgIpc) is 2.85. The molecule has 2 amide bonds. The van der Waals surface area contributed by atoms with Crippen molar-refractivity contribution in [2.24, 2.45) is 5.16 Å². The standard InChI is InChI=1S/C23H32N8O2/c1-33-27-15-20-21(24)25-16-26-22(20)31-13-9-18(10-14-31)29-23(32)28-17-5-7-19(8-6-17)30-11-3-2-4-12-30/h5-8,15-16,18H,2-4,9-14H2,1H3,(H2,24,25,26)(H2,28,29,32)/b27-15+. The maximum atomic E-state index is 12.5. The number of nitrogens with one attached hydrogen (secondary N) is 2. The average molecular weight is 453 g/mol. The Morgan fingerprint density at radius 3 is 2.52 bits per heavy atom. The topological polar surface area (TPSA) is 121 Å². The highest BCUT2D eigenvalue weighted by atomic mass is 16.6. The van der Waals surface area contributed by atoms with Gasteiger partial charge in [-0.2, -0.15) is 0 Å². The Bertz CT molecular complexity index is 951. The van der Waals surface area contributed by atoms with E-state index in [1.807, 2.05) is 12.1 Å². The van der Waals surface area contributed by atoms with E-state index in [-0.39, 0.29) is 12.1 Å². The number of benzene rings is 1. The normalized spacial score (nSPS) is 17.2. The predicted octanol–water partition coefficient (Wildman–Crippen LogP) is 2.82. The van der Waals surface area contributed by atoms with Crippen molar-refractivity contribution < 1.29 is 9.63 Å². The second-order valence-electron chi connectivity index (χ2n) is 8.37. The summed E-state index contributed by atoms with van der Waals surface area (Å²) in [4.78, 5) is 30.2. The molecule has 2 saturated heterocycles. The number of anilines is 4. The third kappa shape index (κ3) is 5.82. The lowest BCUT2D eigenvalue weighted by atomic mass is 10.0. The molecule has 2 aliphatic rings. The van der Waals surface area contributed by atoms with Crippen LogP contribution >= 0.6 is 0 Å². The minimum absolute atomic E-state index is 0.0872. The first kappa shape index (κ1) is 22.6. The molecule has 3 heterocycles. The van der Waals surface area contributed by atoms with Gasteiger partial charge in [0, 0.05) is 43.6 Å². The Kier molecular flexibility index (Phi) is 7.43. The first-order chi connectivity index (χ1) is 16.1. The molecule has 2 aliphatic heterocycles. The first-order valence-corrected chi connectivity index (χ1v) is 11.5. The van der Waals surface area contributed by atoms with E-state index >= 15 is 0 Å². The molecule has 4 N–H and O–H groups in total. The highest BCUT2D eigenvalue weighted by Gasteiger charge is 2.24. The van der Waals surface area contributed by atoms with E-state index in [1.165, 1.54) is 44.6 Å². The molecule has 0 aliphatic carbocycles. The summed E-state index contributed by atoms with van der Waals surface area (Å²) >= 11 is 0. The van der Waals surface area contributed by atoms with Crippen molar-refractivity contribution in [3.63, 3.8) is 0 Å². The number of nitrogen functional groups attached to an aromatic ring is 1. The highest BCUT2D eigenvalue weighted by molar-refractivity contribution is 5.92. The predicted molar refractivity (Wildman–Crippen MR) is 131 cm³/mol. The Morgan fingerprint density at radius 2 is 1.82 bits per heavy atom. The minimum atomic E-state index is -0.182. The molecule has 10 nitrogen and oxygen atoms in total. The Morgan fingerprint density at radius 1 is 1.09 bits per heavy atom. The number of aromatic nitrogens is 2. The fourth-order valence-electron chi connectivity index (χ4n) is 4.38. The van der Waals surface area contributed by atoms with Crippen LogP contribution in [-0.4, -0.2) is 61.5 Å². The maximum absolute atomic E-state index is 12.5. The van der Waals surface area contributed by atoms with Gasteiger partial charge in [0.2, 0.25) is 0 Å². The summed E-state index contributed by atoms with van der Waals surface area (Å²) in [5, 5.41) is 9.84. The molecule has 2 fully saturated rings. The van der Waals surface area contributed by atoms with Crippen LogP contribution < -0.4 is 26.2 Å². The van der Waals surface area contributed by atoms with Crippen LogP contribution in [-0.2, 0) is 4.84 Å². The molecule has 1 aromatic heterocycles. The molecule has 4 rings (SSSR count). The molecule has 33 heavy (non-hydrogen) atoms. The van der Waals surface area contributed by atoms with Crippen LogP contribution in [0.25, 0.3) is 0 Å². The van der Waals surface area contributed by atoms with E-state index in [4.69, 9.17) is 10.6 Å². The summed E-state index contributed by atoms with van der Waals surface area (Å²) < 4.78 is 0. The molecule has 10 heteroatoms. The molecule has 0 radical (unpaired) electrons. The van der Waals surface area contributed by atoms with Gasteiger partial charge in [-0.1, -0.05) is 5.16 Å². The first-order valence-electron chi connectivity index (χ1n) is 11.5. The van der Waals surface area contributed by atoms with Crippen LogP contribution in [0.5, 0.6) is 0 Å². The molecule has 0 atom stereocenters. The highest BCUT2D eigenvalue weighted by Crippen LogP contribution is 2.24. The number of carbonyl (C=O) groups excluding carboxylic acids is 1. The third-order valence-electron chi connectivity index (χ3n) is 6.16. The van der Waals surface area contributed by atoms with E-state index in [0.717, 1.165) is 50.5 Å². The van der Waals surface area contributed by atoms with Crippen LogP contribution in [0.3, 0.4) is 0 Å². The van der Waals surface area contributed by atoms with Gasteiger partial charge in [-0.25, -0.2) is 14.8 Å². The summed E-state index contributed by atoms with van der Waals surface area (Å²) in [5.41, 5.74) is 8.64. The van der Waals surface area contributed by atoms with Crippen molar-refractivity contribution in [2.45, 2.75) is 38.1 Å². The van der Waals surface area contributed by atoms with Crippen LogP contribution in [0, 0.1) is 0 Å². The lowest BCUT2D eigenvalue weighted by Gasteiger charge is -2.33. The molecule has 2 aromatic rings. The number of urea groups is 1.